The lowest BCUT2D eigenvalue weighted by atomic mass is 10.0. The summed E-state index contributed by atoms with van der Waals surface area (Å²) in [4.78, 5) is 46.3. The first-order chi connectivity index (χ1) is 20.3. The van der Waals surface area contributed by atoms with Crippen LogP contribution in [-0.2, 0) is 30.4 Å². The number of carbonyl (C=O) groups excluding carboxylic acids is 3. The average molecular weight is 603 g/mol. The molecule has 9 heteroatoms. The number of benzene rings is 2. The van der Waals surface area contributed by atoms with Gasteiger partial charge in [0.05, 0.1) is 17.9 Å². The van der Waals surface area contributed by atoms with Crippen molar-refractivity contribution in [1.82, 2.24) is 4.98 Å². The van der Waals surface area contributed by atoms with Crippen LogP contribution in [0.15, 0.2) is 54.6 Å². The summed E-state index contributed by atoms with van der Waals surface area (Å²) in [6.45, 7) is 2.36. The first-order valence-electron chi connectivity index (χ1n) is 14.0. The molecule has 2 aliphatic rings. The molecule has 0 spiro atoms. The molecular formula is C33H28ClFN2O4S. The summed E-state index contributed by atoms with van der Waals surface area (Å²) < 4.78 is 19.6. The highest BCUT2D eigenvalue weighted by Crippen LogP contribution is 2.42. The second-order valence-electron chi connectivity index (χ2n) is 10.5. The number of anilines is 1. The molecular weight excluding hydrogens is 575 g/mol. The van der Waals surface area contributed by atoms with E-state index in [0.29, 0.717) is 46.6 Å². The smallest absolute Gasteiger partial charge is 0.348 e. The van der Waals surface area contributed by atoms with Gasteiger partial charge in [0.25, 0.3) is 5.91 Å². The molecule has 1 amide bonds. The third-order valence-corrected chi connectivity index (χ3v) is 9.26. The Morgan fingerprint density at radius 2 is 1.83 bits per heavy atom. The van der Waals surface area contributed by atoms with Gasteiger partial charge < -0.3 is 9.64 Å². The van der Waals surface area contributed by atoms with Crippen molar-refractivity contribution >= 4 is 46.3 Å². The Bertz CT molecular complexity index is 1720. The molecule has 0 unspecified atom stereocenters. The SMILES string of the molecule is CCOC(=O)c1cc2c(s1)-c1ccc(F)cc1N(C(=O)c1ccc(CCC(=O)c3cc4c(nc3Cl)CCC4)cc1)CC2. The maximum absolute atomic E-state index is 14.4. The maximum Gasteiger partial charge on any atom is 0.348 e. The molecule has 0 atom stereocenters. The second-order valence-corrected chi connectivity index (χ2v) is 11.9. The number of aromatic nitrogens is 1. The van der Waals surface area contributed by atoms with Crippen molar-refractivity contribution in [2.75, 3.05) is 18.1 Å². The Morgan fingerprint density at radius 3 is 2.62 bits per heavy atom. The van der Waals surface area contributed by atoms with Crippen LogP contribution in [0.5, 0.6) is 0 Å². The van der Waals surface area contributed by atoms with E-state index < -0.39 is 5.82 Å². The lowest BCUT2D eigenvalue weighted by Gasteiger charge is -2.23. The van der Waals surface area contributed by atoms with Crippen molar-refractivity contribution < 1.29 is 23.5 Å². The van der Waals surface area contributed by atoms with Crippen molar-refractivity contribution in [2.24, 2.45) is 0 Å². The Labute approximate surface area is 252 Å². The van der Waals surface area contributed by atoms with E-state index in [-0.39, 0.29) is 35.8 Å². The molecule has 42 heavy (non-hydrogen) atoms. The number of rotatable bonds is 7. The van der Waals surface area contributed by atoms with Crippen molar-refractivity contribution in [3.63, 3.8) is 0 Å². The molecule has 6 rings (SSSR count). The maximum atomic E-state index is 14.4. The lowest BCUT2D eigenvalue weighted by Crippen LogP contribution is -2.32. The number of esters is 1. The number of aryl methyl sites for hydroxylation is 3. The fourth-order valence-electron chi connectivity index (χ4n) is 5.63. The van der Waals surface area contributed by atoms with Gasteiger partial charge in [-0.3, -0.25) is 9.59 Å². The van der Waals surface area contributed by atoms with E-state index in [4.69, 9.17) is 16.3 Å². The van der Waals surface area contributed by atoms with Crippen LogP contribution in [-0.4, -0.2) is 35.8 Å². The van der Waals surface area contributed by atoms with Gasteiger partial charge in [-0.1, -0.05) is 23.7 Å². The number of ketones is 1. The van der Waals surface area contributed by atoms with Crippen molar-refractivity contribution in [2.45, 2.75) is 45.4 Å². The minimum Gasteiger partial charge on any atom is -0.462 e. The number of nitrogens with zero attached hydrogens (tertiary/aromatic N) is 2. The third-order valence-electron chi connectivity index (χ3n) is 7.78. The van der Waals surface area contributed by atoms with E-state index >= 15 is 0 Å². The molecule has 0 fully saturated rings. The number of pyridine rings is 1. The summed E-state index contributed by atoms with van der Waals surface area (Å²) in [7, 11) is 0. The van der Waals surface area contributed by atoms with Gasteiger partial charge in [0.1, 0.15) is 15.8 Å². The van der Waals surface area contributed by atoms with Crippen molar-refractivity contribution in [3.8, 4) is 10.4 Å². The van der Waals surface area contributed by atoms with Crippen LogP contribution in [0.2, 0.25) is 5.15 Å². The van der Waals surface area contributed by atoms with Gasteiger partial charge in [0.2, 0.25) is 0 Å². The molecule has 1 aliphatic carbocycles. The Hall–Kier alpha value is -3.88. The van der Waals surface area contributed by atoms with E-state index in [9.17, 15) is 18.8 Å². The zero-order chi connectivity index (χ0) is 29.4. The minimum absolute atomic E-state index is 0.0517. The van der Waals surface area contributed by atoms with E-state index in [2.05, 4.69) is 4.98 Å². The summed E-state index contributed by atoms with van der Waals surface area (Å²) in [5, 5.41) is 0.266. The van der Waals surface area contributed by atoms with Crippen LogP contribution < -0.4 is 4.90 Å². The standard InChI is InChI=1S/C33H28ClFN2O4S/c1-2-41-33(40)29-17-22-14-15-37(27-18-23(35)11-12-24(27)30(22)42-29)32(39)20-9-6-19(7-10-20)8-13-28(38)25-16-21-4-3-5-26(21)36-31(25)34/h6-7,9-12,16-18H,2-5,8,13-15H2,1H3. The largest absolute Gasteiger partial charge is 0.462 e. The average Bonchev–Trinajstić information content (AvgIpc) is 3.60. The Kier molecular flexibility index (Phi) is 7.92. The molecule has 2 aromatic heterocycles. The molecule has 0 radical (unpaired) electrons. The highest BCUT2D eigenvalue weighted by molar-refractivity contribution is 7.17. The van der Waals surface area contributed by atoms with Crippen LogP contribution >= 0.6 is 22.9 Å². The number of carbonyl (C=O) groups is 3. The van der Waals surface area contributed by atoms with Gasteiger partial charge in [0.15, 0.2) is 5.78 Å². The number of thiophene rings is 1. The fraction of sp³-hybridized carbons (Fsp3) is 0.273. The van der Waals surface area contributed by atoms with Gasteiger partial charge in [0, 0.05) is 34.7 Å². The topological polar surface area (TPSA) is 76.6 Å². The second kappa shape index (κ2) is 11.8. The first-order valence-corrected chi connectivity index (χ1v) is 15.2. The highest BCUT2D eigenvalue weighted by Gasteiger charge is 2.28. The number of halogens is 2. The molecule has 0 saturated heterocycles. The van der Waals surface area contributed by atoms with Crippen LogP contribution in [0.3, 0.4) is 0 Å². The van der Waals surface area contributed by atoms with Crippen LogP contribution in [0, 0.1) is 5.82 Å². The molecule has 214 valence electrons. The Morgan fingerprint density at radius 1 is 1.02 bits per heavy atom. The Balaban J connectivity index is 1.19. The van der Waals surface area contributed by atoms with Crippen LogP contribution in [0.1, 0.15) is 72.5 Å². The number of hydrogen-bond acceptors (Lipinski definition) is 6. The predicted octanol–water partition coefficient (Wildman–Crippen LogP) is 7.29. The monoisotopic (exact) mass is 602 g/mol. The summed E-state index contributed by atoms with van der Waals surface area (Å²) in [6.07, 6.45) is 4.15. The zero-order valence-corrected chi connectivity index (χ0v) is 24.6. The molecule has 2 aromatic carbocycles. The summed E-state index contributed by atoms with van der Waals surface area (Å²) in [5.74, 6) is -1.14. The molecule has 0 bridgehead atoms. The third kappa shape index (κ3) is 5.49. The van der Waals surface area contributed by atoms with Gasteiger partial charge >= 0.3 is 5.97 Å². The molecule has 3 heterocycles. The number of amides is 1. The number of ether oxygens (including phenoxy) is 1. The van der Waals surface area contributed by atoms with Crippen LogP contribution in [0.4, 0.5) is 10.1 Å². The van der Waals surface area contributed by atoms with Gasteiger partial charge in [-0.25, -0.2) is 14.2 Å². The predicted molar refractivity (Wildman–Crippen MR) is 161 cm³/mol. The zero-order valence-electron chi connectivity index (χ0n) is 23.0. The molecule has 4 aromatic rings. The van der Waals surface area contributed by atoms with Crippen LogP contribution in [0.25, 0.3) is 10.4 Å². The van der Waals surface area contributed by atoms with E-state index in [0.717, 1.165) is 46.5 Å². The first kappa shape index (κ1) is 28.2. The van der Waals surface area contributed by atoms with E-state index in [1.54, 1.807) is 36.1 Å². The van der Waals surface area contributed by atoms with Crippen molar-refractivity contribution in [3.05, 3.63) is 104 Å². The van der Waals surface area contributed by atoms with E-state index in [1.807, 2.05) is 18.2 Å². The fourth-order valence-corrected chi connectivity index (χ4v) is 7.03. The lowest BCUT2D eigenvalue weighted by molar-refractivity contribution is 0.0531. The van der Waals surface area contributed by atoms with E-state index in [1.165, 1.54) is 23.5 Å². The molecule has 1 aliphatic heterocycles. The van der Waals surface area contributed by atoms with Gasteiger partial charge in [-0.2, -0.15) is 0 Å². The summed E-state index contributed by atoms with van der Waals surface area (Å²) >= 11 is 7.61. The number of fused-ring (bicyclic) bond motifs is 4. The highest BCUT2D eigenvalue weighted by atomic mass is 35.5. The quantitative estimate of drug-likeness (QED) is 0.126. The molecule has 6 nitrogen and oxygen atoms in total. The number of Topliss-reactive ketones (excluding diaryl/α,β-unsaturated/α-hetero) is 1. The summed E-state index contributed by atoms with van der Waals surface area (Å²) in [5.41, 5.74) is 6.03. The minimum atomic E-state index is -0.448. The van der Waals surface area contributed by atoms with Gasteiger partial charge in [-0.15, -0.1) is 11.3 Å². The normalized spacial score (nSPS) is 13.6. The summed E-state index contributed by atoms with van der Waals surface area (Å²) in [6, 6.07) is 15.2. The molecule has 0 saturated carbocycles. The van der Waals surface area contributed by atoms with Gasteiger partial charge in [-0.05, 0) is 98.2 Å². The molecule has 0 N–H and O–H groups in total. The van der Waals surface area contributed by atoms with Crippen molar-refractivity contribution in [1.29, 1.82) is 0 Å². The number of hydrogen-bond donors (Lipinski definition) is 0.